The van der Waals surface area contributed by atoms with Gasteiger partial charge >= 0.3 is 0 Å². The van der Waals surface area contributed by atoms with E-state index in [1.807, 2.05) is 31.0 Å². The van der Waals surface area contributed by atoms with Crippen molar-refractivity contribution in [1.29, 1.82) is 0 Å². The van der Waals surface area contributed by atoms with Crippen molar-refractivity contribution >= 4 is 35.8 Å². The smallest absolute Gasteiger partial charge is 0.243 e. The number of carbonyl (C=O) groups is 1. The first kappa shape index (κ1) is 21.5. The lowest BCUT2D eigenvalue weighted by molar-refractivity contribution is -0.127. The molecule has 1 aromatic heterocycles. The second-order valence-electron chi connectivity index (χ2n) is 5.50. The highest BCUT2D eigenvalue weighted by atomic mass is 127. The molecule has 0 atom stereocenters. The van der Waals surface area contributed by atoms with E-state index in [2.05, 4.69) is 16.9 Å². The molecule has 6 nitrogen and oxygen atoms in total. The van der Waals surface area contributed by atoms with Gasteiger partial charge in [0.2, 0.25) is 5.91 Å². The average molecular weight is 434 g/mol. The van der Waals surface area contributed by atoms with Crippen LogP contribution in [0, 0.1) is 0 Å². The molecule has 0 radical (unpaired) electrons. The summed E-state index contributed by atoms with van der Waals surface area (Å²) in [4.78, 5) is 19.6. The van der Waals surface area contributed by atoms with E-state index < -0.39 is 0 Å². The van der Waals surface area contributed by atoms with Crippen molar-refractivity contribution in [3.05, 3.63) is 36.3 Å². The number of halogens is 1. The lowest BCUT2D eigenvalue weighted by atomic mass is 10.3. The van der Waals surface area contributed by atoms with E-state index in [4.69, 9.17) is 4.42 Å². The number of likely N-dealkylation sites (N-methyl/N-ethyl adjacent to an activating group) is 2. The van der Waals surface area contributed by atoms with Gasteiger partial charge in [0.05, 0.1) is 6.26 Å². The minimum Gasteiger partial charge on any atom is -0.469 e. The lowest BCUT2D eigenvalue weighted by Gasteiger charge is -2.22. The van der Waals surface area contributed by atoms with Gasteiger partial charge in [-0.05, 0) is 19.1 Å². The van der Waals surface area contributed by atoms with Crippen LogP contribution in [-0.4, -0.2) is 62.4 Å². The fourth-order valence-electron chi connectivity index (χ4n) is 1.83. The van der Waals surface area contributed by atoms with Crippen LogP contribution in [0.5, 0.6) is 0 Å². The summed E-state index contributed by atoms with van der Waals surface area (Å²) in [6, 6.07) is 3.80. The molecule has 1 amide bonds. The summed E-state index contributed by atoms with van der Waals surface area (Å²) in [6.45, 7) is 7.36. The predicted octanol–water partition coefficient (Wildman–Crippen LogP) is 1.98. The van der Waals surface area contributed by atoms with E-state index in [9.17, 15) is 4.79 Å². The summed E-state index contributed by atoms with van der Waals surface area (Å²) in [5.74, 6) is 1.57. The molecule has 1 N–H and O–H groups in total. The number of hydrogen-bond donors (Lipinski definition) is 1. The van der Waals surface area contributed by atoms with E-state index in [1.54, 1.807) is 20.4 Å². The summed E-state index contributed by atoms with van der Waals surface area (Å²) in [6.07, 6.45) is 2.42. The van der Waals surface area contributed by atoms with E-state index >= 15 is 0 Å². The maximum atomic E-state index is 11.7. The molecule has 130 valence electrons. The third-order valence-corrected chi connectivity index (χ3v) is 2.97. The maximum Gasteiger partial charge on any atom is 0.243 e. The highest BCUT2D eigenvalue weighted by Gasteiger charge is 2.09. The van der Waals surface area contributed by atoms with Crippen LogP contribution in [0.25, 0.3) is 0 Å². The molecule has 1 heterocycles. The first-order valence-corrected chi connectivity index (χ1v) is 7.26. The van der Waals surface area contributed by atoms with Gasteiger partial charge in [0.25, 0.3) is 0 Å². The number of nitrogens with one attached hydrogen (secondary N) is 1. The Hall–Kier alpha value is -1.51. The quantitative estimate of drug-likeness (QED) is 0.309. The van der Waals surface area contributed by atoms with Crippen LogP contribution < -0.4 is 5.32 Å². The van der Waals surface area contributed by atoms with Gasteiger partial charge in [-0.1, -0.05) is 12.2 Å². The van der Waals surface area contributed by atoms with Crippen molar-refractivity contribution in [3.63, 3.8) is 0 Å². The monoisotopic (exact) mass is 434 g/mol. The van der Waals surface area contributed by atoms with Gasteiger partial charge < -0.3 is 19.5 Å². The van der Waals surface area contributed by atoms with Gasteiger partial charge in [0.1, 0.15) is 12.3 Å². The zero-order valence-corrected chi connectivity index (χ0v) is 16.7. The van der Waals surface area contributed by atoms with Crippen LogP contribution in [0.4, 0.5) is 0 Å². The molecule has 0 aliphatic carbocycles. The van der Waals surface area contributed by atoms with Crippen molar-refractivity contribution in [2.75, 3.05) is 40.8 Å². The van der Waals surface area contributed by atoms with Crippen LogP contribution in [-0.2, 0) is 11.2 Å². The summed E-state index contributed by atoms with van der Waals surface area (Å²) in [5, 5.41) is 3.26. The van der Waals surface area contributed by atoms with Gasteiger partial charge in [-0.15, -0.1) is 24.0 Å². The third-order valence-electron chi connectivity index (χ3n) is 2.97. The molecule has 0 spiro atoms. The fourth-order valence-corrected chi connectivity index (χ4v) is 1.83. The zero-order valence-electron chi connectivity index (χ0n) is 14.3. The molecule has 7 heteroatoms. The van der Waals surface area contributed by atoms with E-state index in [0.717, 1.165) is 17.8 Å². The van der Waals surface area contributed by atoms with Crippen molar-refractivity contribution < 1.29 is 9.21 Å². The molecule has 0 aromatic carbocycles. The van der Waals surface area contributed by atoms with E-state index in [-0.39, 0.29) is 36.4 Å². The lowest BCUT2D eigenvalue weighted by Crippen LogP contribution is -2.41. The highest BCUT2D eigenvalue weighted by molar-refractivity contribution is 14.0. The minimum absolute atomic E-state index is 0. The Bertz CT molecular complexity index is 512. The molecule has 0 aliphatic rings. The Balaban J connectivity index is 0.00000484. The molecule has 1 rings (SSSR count). The van der Waals surface area contributed by atoms with Crippen LogP contribution >= 0.6 is 24.0 Å². The molecule has 0 saturated heterocycles. The summed E-state index contributed by atoms with van der Waals surface area (Å²) in [7, 11) is 5.37. The SMILES string of the molecule is C=C(C)CN(C)C(=NCC(=O)N(C)C)NCCc1ccco1.I. The molecule has 0 bridgehead atoms. The predicted molar refractivity (Wildman–Crippen MR) is 104 cm³/mol. The molecule has 0 saturated carbocycles. The standard InChI is InChI=1S/C16H26N4O2.HI/c1-13(2)12-20(5)16(18-11-15(21)19(3)4)17-9-8-14-7-6-10-22-14;/h6-7,10H,1,8-9,11-12H2,2-5H3,(H,17,18);1H. The maximum absolute atomic E-state index is 11.7. The molecular weight excluding hydrogens is 407 g/mol. The van der Waals surface area contributed by atoms with Crippen LogP contribution in [0.3, 0.4) is 0 Å². The molecule has 1 aromatic rings. The zero-order chi connectivity index (χ0) is 16.5. The van der Waals surface area contributed by atoms with Gasteiger partial charge in [-0.3, -0.25) is 4.79 Å². The van der Waals surface area contributed by atoms with Crippen LogP contribution in [0.15, 0.2) is 40.0 Å². The first-order chi connectivity index (χ1) is 10.4. The molecule has 0 unspecified atom stereocenters. The normalized spacial score (nSPS) is 10.7. The minimum atomic E-state index is -0.0333. The number of carbonyl (C=O) groups excluding carboxylic acids is 1. The number of amides is 1. The van der Waals surface area contributed by atoms with Crippen molar-refractivity contribution in [1.82, 2.24) is 15.1 Å². The van der Waals surface area contributed by atoms with Crippen molar-refractivity contribution in [2.24, 2.45) is 4.99 Å². The first-order valence-electron chi connectivity index (χ1n) is 7.26. The van der Waals surface area contributed by atoms with Crippen LogP contribution in [0.2, 0.25) is 0 Å². The average Bonchev–Trinajstić information content (AvgIpc) is 2.94. The Morgan fingerprint density at radius 3 is 2.61 bits per heavy atom. The second-order valence-corrected chi connectivity index (χ2v) is 5.50. The number of rotatable bonds is 7. The highest BCUT2D eigenvalue weighted by Crippen LogP contribution is 2.00. The Morgan fingerprint density at radius 2 is 2.09 bits per heavy atom. The molecule has 0 aliphatic heterocycles. The molecular formula is C16H27IN4O2. The summed E-state index contributed by atoms with van der Waals surface area (Å²) < 4.78 is 5.30. The largest absolute Gasteiger partial charge is 0.469 e. The molecule has 0 fully saturated rings. The third kappa shape index (κ3) is 8.63. The van der Waals surface area contributed by atoms with Crippen molar-refractivity contribution in [2.45, 2.75) is 13.3 Å². The number of hydrogen-bond acceptors (Lipinski definition) is 3. The van der Waals surface area contributed by atoms with Gasteiger partial charge in [-0.25, -0.2) is 4.99 Å². The number of nitrogens with zero attached hydrogens (tertiary/aromatic N) is 3. The van der Waals surface area contributed by atoms with Crippen molar-refractivity contribution in [3.8, 4) is 0 Å². The fraction of sp³-hybridized carbons (Fsp3) is 0.500. The Labute approximate surface area is 155 Å². The van der Waals surface area contributed by atoms with Gasteiger partial charge in [0, 0.05) is 40.7 Å². The second kappa shape index (κ2) is 11.1. The number of guanidine groups is 1. The summed E-state index contributed by atoms with van der Waals surface area (Å²) >= 11 is 0. The number of aliphatic imine (C=N–C) groups is 1. The topological polar surface area (TPSA) is 61.1 Å². The Morgan fingerprint density at radius 1 is 1.39 bits per heavy atom. The van der Waals surface area contributed by atoms with E-state index in [1.165, 1.54) is 4.90 Å². The van der Waals surface area contributed by atoms with Gasteiger partial charge in [0.15, 0.2) is 5.96 Å². The van der Waals surface area contributed by atoms with Gasteiger partial charge in [-0.2, -0.15) is 0 Å². The van der Waals surface area contributed by atoms with Crippen LogP contribution in [0.1, 0.15) is 12.7 Å². The summed E-state index contributed by atoms with van der Waals surface area (Å²) in [5.41, 5.74) is 1.03. The number of furan rings is 1. The van der Waals surface area contributed by atoms with E-state index in [0.29, 0.717) is 19.0 Å². The Kier molecular flexibility index (Phi) is 10.4. The molecule has 23 heavy (non-hydrogen) atoms.